The molecule has 8 heteroatoms. The summed E-state index contributed by atoms with van der Waals surface area (Å²) in [6.07, 6.45) is -0.982. The molecule has 0 aliphatic carbocycles. The minimum Gasteiger partial charge on any atom is -0.504 e. The van der Waals surface area contributed by atoms with Crippen LogP contribution in [0.2, 0.25) is 0 Å². The minimum atomic E-state index is -0.982. The molecule has 0 aromatic heterocycles. The Kier molecular flexibility index (Phi) is 5.14. The Balaban J connectivity index is 1.58. The van der Waals surface area contributed by atoms with Gasteiger partial charge in [-0.25, -0.2) is 9.96 Å². The number of phenolic OH excluding ortho intramolecular Hbond substituents is 1. The monoisotopic (exact) mass is 446 g/mol. The summed E-state index contributed by atoms with van der Waals surface area (Å²) in [4.78, 5) is 34.2. The van der Waals surface area contributed by atoms with E-state index in [4.69, 9.17) is 14.3 Å². The van der Waals surface area contributed by atoms with Crippen LogP contribution in [-0.2, 0) is 14.4 Å². The number of methoxy groups -OCH3 is 2. The first-order chi connectivity index (χ1) is 16.0. The Labute approximate surface area is 190 Å². The van der Waals surface area contributed by atoms with Crippen LogP contribution in [0, 0.1) is 5.92 Å². The molecule has 168 valence electrons. The molecule has 2 aliphatic rings. The van der Waals surface area contributed by atoms with Crippen LogP contribution in [-0.4, -0.2) is 37.2 Å². The number of hydrogen-bond donors (Lipinski definition) is 1. The van der Waals surface area contributed by atoms with E-state index in [2.05, 4.69) is 0 Å². The summed E-state index contributed by atoms with van der Waals surface area (Å²) in [6, 6.07) is 20.3. The first kappa shape index (κ1) is 20.8. The maximum absolute atomic E-state index is 13.6. The maximum Gasteiger partial charge on any atom is 0.266 e. The number of benzene rings is 3. The summed E-state index contributed by atoms with van der Waals surface area (Å²) in [7, 11) is 3.01. The lowest BCUT2D eigenvalue weighted by molar-refractivity contribution is -0.126. The first-order valence-electron chi connectivity index (χ1n) is 10.4. The van der Waals surface area contributed by atoms with Gasteiger partial charge in [0.2, 0.25) is 5.91 Å². The van der Waals surface area contributed by atoms with Crippen LogP contribution < -0.4 is 19.4 Å². The fourth-order valence-electron chi connectivity index (χ4n) is 4.42. The summed E-state index contributed by atoms with van der Waals surface area (Å²) >= 11 is 0. The molecule has 3 aromatic carbocycles. The molecule has 2 amide bonds. The maximum atomic E-state index is 13.6. The van der Waals surface area contributed by atoms with Gasteiger partial charge in [0, 0.05) is 0 Å². The van der Waals surface area contributed by atoms with Crippen LogP contribution in [0.15, 0.2) is 72.8 Å². The number of para-hydroxylation sites is 1. The van der Waals surface area contributed by atoms with E-state index < -0.39 is 24.0 Å². The molecule has 0 spiro atoms. The topological polar surface area (TPSA) is 88.5 Å². The zero-order valence-electron chi connectivity index (χ0n) is 18.0. The highest BCUT2D eigenvalue weighted by Crippen LogP contribution is 2.48. The van der Waals surface area contributed by atoms with Gasteiger partial charge < -0.3 is 14.6 Å². The van der Waals surface area contributed by atoms with Gasteiger partial charge in [-0.05, 0) is 54.1 Å². The van der Waals surface area contributed by atoms with E-state index in [1.807, 2.05) is 30.3 Å². The number of anilines is 2. The standard InChI is InChI=1S/C25H22N2O6/c1-31-18-11-9-16(10-12-18)26-24(29)21-22(15-8-13-19(28)20(14-15)32-2)27(33-23(21)25(26)30)17-6-4-3-5-7-17/h3-14,21-23,28H,1-2H3/t21-,22-,23+/m1/s1. The number of imide groups is 1. The summed E-state index contributed by atoms with van der Waals surface area (Å²) in [5.74, 6) is -0.688. The molecule has 3 aromatic rings. The van der Waals surface area contributed by atoms with E-state index in [9.17, 15) is 14.7 Å². The van der Waals surface area contributed by atoms with Crippen LogP contribution in [0.3, 0.4) is 0 Å². The van der Waals surface area contributed by atoms with Crippen LogP contribution in [0.1, 0.15) is 11.6 Å². The second-order valence-corrected chi connectivity index (χ2v) is 7.80. The molecule has 2 fully saturated rings. The Morgan fingerprint density at radius 2 is 1.58 bits per heavy atom. The number of hydrogen-bond acceptors (Lipinski definition) is 7. The van der Waals surface area contributed by atoms with Gasteiger partial charge in [0.25, 0.3) is 5.91 Å². The Morgan fingerprint density at radius 3 is 2.24 bits per heavy atom. The zero-order valence-corrected chi connectivity index (χ0v) is 18.0. The molecule has 0 unspecified atom stereocenters. The lowest BCUT2D eigenvalue weighted by Gasteiger charge is -2.29. The zero-order chi connectivity index (χ0) is 23.1. The van der Waals surface area contributed by atoms with Crippen molar-refractivity contribution in [3.63, 3.8) is 0 Å². The normalized spacial score (nSPS) is 21.9. The number of phenols is 1. The van der Waals surface area contributed by atoms with E-state index >= 15 is 0 Å². The molecule has 5 rings (SSSR count). The van der Waals surface area contributed by atoms with E-state index in [-0.39, 0.29) is 17.4 Å². The van der Waals surface area contributed by atoms with Gasteiger partial charge in [0.05, 0.1) is 31.6 Å². The van der Waals surface area contributed by atoms with Crippen molar-refractivity contribution in [3.8, 4) is 17.2 Å². The number of aromatic hydroxyl groups is 1. The molecule has 2 heterocycles. The predicted octanol–water partition coefficient (Wildman–Crippen LogP) is 3.46. The average molecular weight is 446 g/mol. The molecular weight excluding hydrogens is 424 g/mol. The second kappa shape index (κ2) is 8.14. The molecule has 2 saturated heterocycles. The third kappa shape index (κ3) is 3.35. The van der Waals surface area contributed by atoms with Crippen molar-refractivity contribution in [3.05, 3.63) is 78.4 Å². The first-order valence-corrected chi connectivity index (χ1v) is 10.4. The van der Waals surface area contributed by atoms with Crippen molar-refractivity contribution < 1.29 is 29.0 Å². The molecule has 2 aliphatic heterocycles. The van der Waals surface area contributed by atoms with Crippen molar-refractivity contribution in [1.29, 1.82) is 0 Å². The Hall–Kier alpha value is -4.04. The highest BCUT2D eigenvalue weighted by Gasteiger charge is 2.60. The van der Waals surface area contributed by atoms with Gasteiger partial charge in [-0.15, -0.1) is 0 Å². The number of fused-ring (bicyclic) bond motifs is 1. The molecule has 1 N–H and O–H groups in total. The van der Waals surface area contributed by atoms with Gasteiger partial charge in [0.15, 0.2) is 17.6 Å². The number of rotatable bonds is 5. The lowest BCUT2D eigenvalue weighted by atomic mass is 9.90. The van der Waals surface area contributed by atoms with E-state index in [0.29, 0.717) is 22.7 Å². The van der Waals surface area contributed by atoms with Gasteiger partial charge in [0.1, 0.15) is 11.7 Å². The van der Waals surface area contributed by atoms with Crippen molar-refractivity contribution >= 4 is 23.2 Å². The molecular formula is C25H22N2O6. The Morgan fingerprint density at radius 1 is 0.848 bits per heavy atom. The number of amides is 2. The third-order valence-corrected chi connectivity index (χ3v) is 6.00. The summed E-state index contributed by atoms with van der Waals surface area (Å²) in [6.45, 7) is 0. The number of carbonyl (C=O) groups is 2. The van der Waals surface area contributed by atoms with Crippen molar-refractivity contribution in [1.82, 2.24) is 0 Å². The number of carbonyl (C=O) groups excluding carboxylic acids is 2. The van der Waals surface area contributed by atoms with Crippen molar-refractivity contribution in [2.45, 2.75) is 12.1 Å². The Bertz CT molecular complexity index is 1200. The second-order valence-electron chi connectivity index (χ2n) is 7.80. The minimum absolute atomic E-state index is 0.0170. The van der Waals surface area contributed by atoms with Crippen LogP contribution in [0.5, 0.6) is 17.2 Å². The molecule has 3 atom stereocenters. The molecule has 8 nitrogen and oxygen atoms in total. The number of hydroxylamine groups is 1. The van der Waals surface area contributed by atoms with Gasteiger partial charge >= 0.3 is 0 Å². The van der Waals surface area contributed by atoms with Crippen molar-refractivity contribution in [2.75, 3.05) is 24.2 Å². The quantitative estimate of drug-likeness (QED) is 0.601. The van der Waals surface area contributed by atoms with Gasteiger partial charge in [-0.3, -0.25) is 14.4 Å². The predicted molar refractivity (Wildman–Crippen MR) is 120 cm³/mol. The highest BCUT2D eigenvalue weighted by atomic mass is 16.7. The van der Waals surface area contributed by atoms with Crippen LogP contribution in [0.25, 0.3) is 0 Å². The summed E-state index contributed by atoms with van der Waals surface area (Å²) in [5.41, 5.74) is 1.84. The fourth-order valence-corrected chi connectivity index (χ4v) is 4.42. The fraction of sp³-hybridized carbons (Fsp3) is 0.200. The SMILES string of the molecule is COc1ccc(N2C(=O)[C@H]3[C@H](ON(c4ccccc4)[C@@H]3c3ccc(O)c(OC)c3)C2=O)cc1. The summed E-state index contributed by atoms with van der Waals surface area (Å²) in [5, 5.41) is 11.7. The van der Waals surface area contributed by atoms with E-state index in [1.54, 1.807) is 48.6 Å². The van der Waals surface area contributed by atoms with Gasteiger partial charge in [-0.1, -0.05) is 24.3 Å². The third-order valence-electron chi connectivity index (χ3n) is 6.00. The van der Waals surface area contributed by atoms with E-state index in [0.717, 1.165) is 0 Å². The molecule has 0 radical (unpaired) electrons. The lowest BCUT2D eigenvalue weighted by Crippen LogP contribution is -2.37. The molecule has 33 heavy (non-hydrogen) atoms. The molecule has 0 saturated carbocycles. The van der Waals surface area contributed by atoms with Crippen LogP contribution >= 0.6 is 0 Å². The summed E-state index contributed by atoms with van der Waals surface area (Å²) < 4.78 is 10.5. The van der Waals surface area contributed by atoms with Crippen molar-refractivity contribution in [2.24, 2.45) is 5.92 Å². The smallest absolute Gasteiger partial charge is 0.266 e. The highest BCUT2D eigenvalue weighted by molar-refractivity contribution is 6.23. The molecule has 0 bridgehead atoms. The van der Waals surface area contributed by atoms with E-state index in [1.165, 1.54) is 18.1 Å². The average Bonchev–Trinajstić information content (AvgIpc) is 3.36. The largest absolute Gasteiger partial charge is 0.504 e. The van der Waals surface area contributed by atoms with Crippen LogP contribution in [0.4, 0.5) is 11.4 Å². The van der Waals surface area contributed by atoms with Gasteiger partial charge in [-0.2, -0.15) is 0 Å². The number of ether oxygens (including phenoxy) is 2. The number of nitrogens with zero attached hydrogens (tertiary/aromatic N) is 2.